The van der Waals surface area contributed by atoms with E-state index in [0.717, 1.165) is 51.7 Å². The van der Waals surface area contributed by atoms with Crippen LogP contribution in [0.25, 0.3) is 11.1 Å². The Morgan fingerprint density at radius 2 is 1.82 bits per heavy atom. The molecular formula is C32H30BrClN2O3. The lowest BCUT2D eigenvalue weighted by molar-refractivity contribution is -0.121. The molecule has 1 aliphatic heterocycles. The Hall–Kier alpha value is -3.19. The van der Waals surface area contributed by atoms with E-state index in [-0.39, 0.29) is 11.8 Å². The molecule has 0 aliphatic carbocycles. The molecule has 3 aromatic carbocycles. The molecule has 0 bridgehead atoms. The lowest BCUT2D eigenvalue weighted by Gasteiger charge is -2.24. The number of aromatic nitrogens is 1. The number of pyridine rings is 1. The molecule has 0 N–H and O–H groups in total. The van der Waals surface area contributed by atoms with E-state index in [1.807, 2.05) is 54.6 Å². The number of carbonyl (C=O) groups is 1. The highest BCUT2D eigenvalue weighted by Crippen LogP contribution is 2.37. The van der Waals surface area contributed by atoms with Crippen LogP contribution in [0.3, 0.4) is 0 Å². The minimum absolute atomic E-state index is 0.0693. The van der Waals surface area contributed by atoms with Gasteiger partial charge < -0.3 is 9.47 Å². The number of hydrogen-bond acceptors (Lipinski definition) is 5. The van der Waals surface area contributed by atoms with Crippen molar-refractivity contribution in [2.24, 2.45) is 0 Å². The molecule has 5 nitrogen and oxygen atoms in total. The first-order chi connectivity index (χ1) is 19.0. The molecule has 200 valence electrons. The number of carbonyl (C=O) groups excluding carboxylic acids is 1. The quantitative estimate of drug-likeness (QED) is 0.184. The van der Waals surface area contributed by atoms with Crippen LogP contribution in [-0.2, 0) is 24.6 Å². The third-order valence-corrected chi connectivity index (χ3v) is 8.22. The Labute approximate surface area is 242 Å². The zero-order valence-corrected chi connectivity index (χ0v) is 24.1. The van der Waals surface area contributed by atoms with Gasteiger partial charge in [0.25, 0.3) is 0 Å². The van der Waals surface area contributed by atoms with E-state index in [1.54, 1.807) is 19.3 Å². The van der Waals surface area contributed by atoms with Crippen molar-refractivity contribution >= 4 is 33.3 Å². The van der Waals surface area contributed by atoms with Crippen molar-refractivity contribution < 1.29 is 14.3 Å². The van der Waals surface area contributed by atoms with Crippen LogP contribution in [0.15, 0.2) is 89.7 Å². The van der Waals surface area contributed by atoms with Crippen LogP contribution in [-0.4, -0.2) is 28.3 Å². The second kappa shape index (κ2) is 12.8. The monoisotopic (exact) mass is 604 g/mol. The Morgan fingerprint density at radius 1 is 1.00 bits per heavy atom. The molecule has 0 saturated carbocycles. The summed E-state index contributed by atoms with van der Waals surface area (Å²) in [5.41, 5.74) is 5.13. The Balaban J connectivity index is 1.39. The van der Waals surface area contributed by atoms with E-state index in [2.05, 4.69) is 44.0 Å². The maximum Gasteiger partial charge on any atom is 0.146 e. The number of hydrogen-bond donors (Lipinski definition) is 0. The molecule has 2 heterocycles. The zero-order chi connectivity index (χ0) is 27.2. The molecule has 0 spiro atoms. The highest BCUT2D eigenvalue weighted by Gasteiger charge is 2.29. The zero-order valence-electron chi connectivity index (χ0n) is 21.8. The van der Waals surface area contributed by atoms with Crippen molar-refractivity contribution in [3.8, 4) is 22.6 Å². The molecule has 1 saturated heterocycles. The van der Waals surface area contributed by atoms with Crippen molar-refractivity contribution in [2.75, 3.05) is 6.54 Å². The predicted molar refractivity (Wildman–Crippen MR) is 158 cm³/mol. The molecule has 4 aromatic rings. The van der Waals surface area contributed by atoms with E-state index in [0.29, 0.717) is 36.3 Å². The second-order valence-corrected chi connectivity index (χ2v) is 10.9. The summed E-state index contributed by atoms with van der Waals surface area (Å²) in [6, 6.07) is 23.9. The van der Waals surface area contributed by atoms with Gasteiger partial charge in [0.2, 0.25) is 0 Å². The summed E-state index contributed by atoms with van der Waals surface area (Å²) >= 11 is 10.5. The summed E-state index contributed by atoms with van der Waals surface area (Å²) in [7, 11) is 0. The summed E-state index contributed by atoms with van der Waals surface area (Å²) in [6.45, 7) is 3.81. The maximum absolute atomic E-state index is 12.2. The molecule has 1 fully saturated rings. The summed E-state index contributed by atoms with van der Waals surface area (Å²) in [5.74, 6) is 1.42. The fraction of sp³-hybridized carbons (Fsp3) is 0.250. The fourth-order valence-electron chi connectivity index (χ4n) is 4.97. The number of Topliss-reactive ketones (excluding diaryl/α,β-unsaturated/α-hetero) is 1. The van der Waals surface area contributed by atoms with Gasteiger partial charge in [-0.25, -0.2) is 0 Å². The third kappa shape index (κ3) is 6.70. The standard InChI is InChI=1S/C32H30BrClN2O3/c1-22(37)29-13-7-15-36(29)19-26-16-28(34)31(17-30(26)38-20-23-8-6-14-35-18-23)39-21-25-11-5-12-27(32(25)33)24-9-3-2-4-10-24/h2-6,8-12,14,16-18,29H,7,13,15,19-21H2,1H3. The van der Waals surface area contributed by atoms with Gasteiger partial charge in [0, 0.05) is 46.2 Å². The fourth-order valence-corrected chi connectivity index (χ4v) is 5.82. The van der Waals surface area contributed by atoms with Crippen molar-refractivity contribution in [3.63, 3.8) is 0 Å². The molecule has 1 atom stereocenters. The van der Waals surface area contributed by atoms with Gasteiger partial charge in [0.1, 0.15) is 30.5 Å². The van der Waals surface area contributed by atoms with E-state index in [9.17, 15) is 4.79 Å². The smallest absolute Gasteiger partial charge is 0.146 e. The van der Waals surface area contributed by atoms with Crippen molar-refractivity contribution in [3.05, 3.63) is 111 Å². The Kier molecular flexibility index (Phi) is 8.97. The highest BCUT2D eigenvalue weighted by atomic mass is 79.9. The van der Waals surface area contributed by atoms with Gasteiger partial charge in [0.05, 0.1) is 11.1 Å². The topological polar surface area (TPSA) is 51.7 Å². The number of nitrogens with zero attached hydrogens (tertiary/aromatic N) is 2. The predicted octanol–water partition coefficient (Wildman–Crippen LogP) is 7.88. The lowest BCUT2D eigenvalue weighted by atomic mass is 10.0. The Morgan fingerprint density at radius 3 is 2.59 bits per heavy atom. The first-order valence-electron chi connectivity index (χ1n) is 13.0. The Bertz CT molecular complexity index is 1430. The molecule has 7 heteroatoms. The van der Waals surface area contributed by atoms with E-state index >= 15 is 0 Å². The van der Waals surface area contributed by atoms with Crippen LogP contribution >= 0.6 is 27.5 Å². The second-order valence-electron chi connectivity index (χ2n) is 9.71. The normalized spacial score (nSPS) is 15.3. The van der Waals surface area contributed by atoms with Crippen LogP contribution < -0.4 is 9.47 Å². The minimum Gasteiger partial charge on any atom is -0.488 e. The number of ether oxygens (including phenoxy) is 2. The molecule has 5 rings (SSSR count). The van der Waals surface area contributed by atoms with E-state index < -0.39 is 0 Å². The van der Waals surface area contributed by atoms with Gasteiger partial charge in [-0.1, -0.05) is 66.2 Å². The van der Waals surface area contributed by atoms with Gasteiger partial charge in [-0.05, 0) is 65.5 Å². The summed E-state index contributed by atoms with van der Waals surface area (Å²) < 4.78 is 13.5. The van der Waals surface area contributed by atoms with Crippen LogP contribution in [0, 0.1) is 0 Å². The first-order valence-corrected chi connectivity index (χ1v) is 14.2. The molecule has 39 heavy (non-hydrogen) atoms. The number of likely N-dealkylation sites (tertiary alicyclic amines) is 1. The summed E-state index contributed by atoms with van der Waals surface area (Å²) in [5, 5.41) is 0.507. The van der Waals surface area contributed by atoms with Gasteiger partial charge in [-0.2, -0.15) is 0 Å². The van der Waals surface area contributed by atoms with Crippen LogP contribution in [0.5, 0.6) is 11.5 Å². The van der Waals surface area contributed by atoms with Gasteiger partial charge in [-0.15, -0.1) is 0 Å². The number of benzene rings is 3. The molecule has 1 aliphatic rings. The minimum atomic E-state index is -0.0693. The van der Waals surface area contributed by atoms with Crippen LogP contribution in [0.2, 0.25) is 5.02 Å². The molecular weight excluding hydrogens is 576 g/mol. The van der Waals surface area contributed by atoms with Gasteiger partial charge in [0.15, 0.2) is 0 Å². The third-order valence-electron chi connectivity index (χ3n) is 6.99. The molecule has 1 aromatic heterocycles. The maximum atomic E-state index is 12.2. The number of rotatable bonds is 10. The summed E-state index contributed by atoms with van der Waals surface area (Å²) in [6.07, 6.45) is 5.41. The number of halogens is 2. The average Bonchev–Trinajstić information content (AvgIpc) is 3.42. The summed E-state index contributed by atoms with van der Waals surface area (Å²) in [4.78, 5) is 18.6. The molecule has 1 unspecified atom stereocenters. The lowest BCUT2D eigenvalue weighted by Crippen LogP contribution is -2.34. The number of ketones is 1. The van der Waals surface area contributed by atoms with Crippen LogP contribution in [0.1, 0.15) is 36.5 Å². The van der Waals surface area contributed by atoms with Crippen LogP contribution in [0.4, 0.5) is 0 Å². The van der Waals surface area contributed by atoms with Crippen molar-refractivity contribution in [1.29, 1.82) is 0 Å². The van der Waals surface area contributed by atoms with E-state index in [4.69, 9.17) is 21.1 Å². The largest absolute Gasteiger partial charge is 0.488 e. The highest BCUT2D eigenvalue weighted by molar-refractivity contribution is 9.10. The van der Waals surface area contributed by atoms with E-state index in [1.165, 1.54) is 0 Å². The van der Waals surface area contributed by atoms with Crippen molar-refractivity contribution in [2.45, 2.75) is 45.6 Å². The van der Waals surface area contributed by atoms with Gasteiger partial charge in [-0.3, -0.25) is 14.7 Å². The van der Waals surface area contributed by atoms with Gasteiger partial charge >= 0.3 is 0 Å². The van der Waals surface area contributed by atoms with Crippen molar-refractivity contribution in [1.82, 2.24) is 9.88 Å². The molecule has 0 radical (unpaired) electrons. The first kappa shape index (κ1) is 27.4. The molecule has 0 amide bonds. The average molecular weight is 606 g/mol. The SMILES string of the molecule is CC(=O)C1CCCN1Cc1cc(Cl)c(OCc2cccc(-c3ccccc3)c2Br)cc1OCc1cccnc1.